The molecular weight excluding hydrogens is 494 g/mol. The van der Waals surface area contributed by atoms with E-state index in [1.165, 1.54) is 0 Å². The third kappa shape index (κ3) is 11.6. The molecule has 0 saturated carbocycles. The highest BCUT2D eigenvalue weighted by atomic mass is 35.5. The lowest BCUT2D eigenvalue weighted by Gasteiger charge is -2.32. The minimum Gasteiger partial charge on any atom is -0.382 e. The van der Waals surface area contributed by atoms with Crippen LogP contribution < -0.4 is 16.4 Å². The van der Waals surface area contributed by atoms with E-state index < -0.39 is 29.9 Å². The maximum atomic E-state index is 13.2. The number of hydrogen-bond acceptors (Lipinski definition) is 7. The van der Waals surface area contributed by atoms with E-state index in [1.54, 1.807) is 19.2 Å². The molecule has 1 rings (SSSR count). The number of ether oxygens (including phenoxy) is 3. The van der Waals surface area contributed by atoms with Gasteiger partial charge in [-0.1, -0.05) is 56.7 Å². The van der Waals surface area contributed by atoms with Crippen LogP contribution in [0.2, 0.25) is 5.02 Å². The number of halogens is 1. The van der Waals surface area contributed by atoms with Crippen LogP contribution in [0, 0.1) is 5.92 Å². The molecule has 1 aromatic carbocycles. The second-order valence-corrected chi connectivity index (χ2v) is 9.62. The average Bonchev–Trinajstić information content (AvgIpc) is 2.78. The van der Waals surface area contributed by atoms with Gasteiger partial charge in [0.25, 0.3) is 5.91 Å². The van der Waals surface area contributed by atoms with Gasteiger partial charge in [0.15, 0.2) is 5.60 Å². The summed E-state index contributed by atoms with van der Waals surface area (Å²) in [6, 6.07) is 6.52. The van der Waals surface area contributed by atoms with E-state index in [2.05, 4.69) is 10.6 Å². The number of carbonyl (C=O) groups excluding carboxylic acids is 2. The van der Waals surface area contributed by atoms with Crippen LogP contribution in [0.3, 0.4) is 0 Å². The lowest BCUT2D eigenvalue weighted by Crippen LogP contribution is -2.57. The fourth-order valence-electron chi connectivity index (χ4n) is 3.43. The Hall–Kier alpha value is -1.82. The third-order valence-corrected chi connectivity index (χ3v) is 6.00. The molecule has 0 aromatic heterocycles. The zero-order chi connectivity index (χ0) is 26.4. The van der Waals surface area contributed by atoms with Gasteiger partial charge in [0.05, 0.1) is 37.3 Å². The van der Waals surface area contributed by atoms with Gasteiger partial charge in [-0.2, -0.15) is 0 Å². The molecule has 5 N–H and O–H groups in total. The fraction of sp³-hybridized carbons (Fsp3) is 0.625. The van der Waals surface area contributed by atoms with Crippen molar-refractivity contribution < 1.29 is 28.9 Å². The van der Waals surface area contributed by atoms with E-state index in [9.17, 15) is 14.7 Å². The first-order chi connectivity index (χ1) is 16.5. The van der Waals surface area contributed by atoms with Crippen LogP contribution in [0.4, 0.5) is 0 Å². The van der Waals surface area contributed by atoms with E-state index in [4.69, 9.17) is 43.8 Å². The first kappa shape index (κ1) is 31.2. The van der Waals surface area contributed by atoms with Crippen LogP contribution in [0.5, 0.6) is 0 Å². The molecule has 198 valence electrons. The Labute approximate surface area is 218 Å². The van der Waals surface area contributed by atoms with E-state index in [1.807, 2.05) is 32.9 Å². The highest BCUT2D eigenvalue weighted by molar-refractivity contribution is 7.80. The predicted molar refractivity (Wildman–Crippen MR) is 139 cm³/mol. The fourth-order valence-corrected chi connectivity index (χ4v) is 3.99. The monoisotopic (exact) mass is 531 g/mol. The molecule has 0 aliphatic rings. The van der Waals surface area contributed by atoms with Crippen LogP contribution in [-0.2, 0) is 23.8 Å². The highest BCUT2D eigenvalue weighted by Gasteiger charge is 2.41. The second-order valence-electron chi connectivity index (χ2n) is 8.74. The van der Waals surface area contributed by atoms with Crippen molar-refractivity contribution in [3.63, 3.8) is 0 Å². The van der Waals surface area contributed by atoms with Crippen LogP contribution in [0.1, 0.15) is 45.1 Å². The molecule has 0 heterocycles. The van der Waals surface area contributed by atoms with Gasteiger partial charge in [-0.05, 0) is 36.0 Å². The summed E-state index contributed by atoms with van der Waals surface area (Å²) in [6.07, 6.45) is -0.524. The van der Waals surface area contributed by atoms with E-state index in [-0.39, 0.29) is 25.0 Å². The number of methoxy groups -OCH3 is 1. The Morgan fingerprint density at radius 1 is 1.14 bits per heavy atom. The number of rotatable bonds is 17. The molecule has 3 unspecified atom stereocenters. The van der Waals surface area contributed by atoms with Crippen LogP contribution in [-0.4, -0.2) is 73.8 Å². The minimum absolute atomic E-state index is 0.00861. The molecule has 35 heavy (non-hydrogen) atoms. The molecule has 0 radical (unpaired) electrons. The number of aliphatic hydroxyl groups is 1. The number of hydrogen-bond donors (Lipinski definition) is 4. The molecule has 11 heteroatoms. The van der Waals surface area contributed by atoms with Crippen molar-refractivity contribution in [1.82, 2.24) is 10.6 Å². The minimum atomic E-state index is -2.00. The summed E-state index contributed by atoms with van der Waals surface area (Å²) in [7, 11) is 1.59. The molecule has 2 amide bonds. The number of amides is 2. The molecule has 0 fully saturated rings. The highest BCUT2D eigenvalue weighted by Crippen LogP contribution is 2.29. The van der Waals surface area contributed by atoms with Gasteiger partial charge < -0.3 is 35.7 Å². The van der Waals surface area contributed by atoms with Gasteiger partial charge in [0.1, 0.15) is 6.79 Å². The Balaban J connectivity index is 2.76. The average molecular weight is 532 g/mol. The van der Waals surface area contributed by atoms with Crippen molar-refractivity contribution in [2.75, 3.05) is 40.3 Å². The maximum Gasteiger partial charge on any atom is 0.253 e. The lowest BCUT2D eigenvalue weighted by atomic mass is 9.83. The van der Waals surface area contributed by atoms with Gasteiger partial charge in [-0.3, -0.25) is 9.59 Å². The summed E-state index contributed by atoms with van der Waals surface area (Å²) in [5.41, 5.74) is 4.23. The summed E-state index contributed by atoms with van der Waals surface area (Å²) in [5, 5.41) is 17.7. The van der Waals surface area contributed by atoms with Gasteiger partial charge in [-0.25, -0.2) is 0 Å². The maximum absolute atomic E-state index is 13.2. The molecule has 3 atom stereocenters. The topological polar surface area (TPSA) is 132 Å². The molecule has 0 aliphatic heterocycles. The molecule has 0 saturated heterocycles. The van der Waals surface area contributed by atoms with Crippen molar-refractivity contribution >= 4 is 40.6 Å². The number of benzene rings is 1. The van der Waals surface area contributed by atoms with Gasteiger partial charge in [-0.15, -0.1) is 0 Å². The number of carbonyl (C=O) groups is 2. The summed E-state index contributed by atoms with van der Waals surface area (Å²) in [6.45, 7) is 7.45. The van der Waals surface area contributed by atoms with E-state index in [0.717, 1.165) is 5.56 Å². The van der Waals surface area contributed by atoms with Crippen molar-refractivity contribution in [2.24, 2.45) is 11.7 Å². The van der Waals surface area contributed by atoms with Crippen molar-refractivity contribution in [1.29, 1.82) is 0 Å². The molecule has 1 aromatic rings. The Morgan fingerprint density at radius 3 is 2.34 bits per heavy atom. The largest absolute Gasteiger partial charge is 0.382 e. The van der Waals surface area contributed by atoms with Crippen molar-refractivity contribution in [3.8, 4) is 0 Å². The quantitative estimate of drug-likeness (QED) is 0.136. The van der Waals surface area contributed by atoms with Gasteiger partial charge in [0, 0.05) is 18.7 Å². The Kier molecular flexibility index (Phi) is 14.3. The van der Waals surface area contributed by atoms with E-state index in [0.29, 0.717) is 36.4 Å². The summed E-state index contributed by atoms with van der Waals surface area (Å²) in [4.78, 5) is 25.3. The molecule has 0 spiro atoms. The number of nitrogens with one attached hydrogen (secondary N) is 2. The SMILES string of the molecule is COCCOCOCCNC(=S)C(NC(=O)C(O)(CC(N)=O)CC(C)c1ccc(Cl)cc1)C(C)C. The predicted octanol–water partition coefficient (Wildman–Crippen LogP) is 2.14. The van der Waals surface area contributed by atoms with Crippen LogP contribution in [0.25, 0.3) is 0 Å². The summed E-state index contributed by atoms with van der Waals surface area (Å²) >= 11 is 11.4. The summed E-state index contributed by atoms with van der Waals surface area (Å²) < 4.78 is 15.5. The molecule has 0 aliphatic carbocycles. The summed E-state index contributed by atoms with van der Waals surface area (Å²) in [5.74, 6) is -1.81. The molecule has 9 nitrogen and oxygen atoms in total. The Morgan fingerprint density at radius 2 is 1.77 bits per heavy atom. The zero-order valence-electron chi connectivity index (χ0n) is 20.8. The van der Waals surface area contributed by atoms with Crippen LogP contribution in [0.15, 0.2) is 24.3 Å². The third-order valence-electron chi connectivity index (χ3n) is 5.35. The standard InChI is InChI=1S/C24H38ClN3O6S/c1-16(2)21(22(35)27-9-10-33-15-34-12-11-32-4)28-23(30)24(31,14-20(26)29)13-17(3)18-5-7-19(25)8-6-18/h5-8,16-17,21,31H,9-15H2,1-4H3,(H2,26,29)(H,27,35)(H,28,30). The number of primary amides is 1. The number of nitrogens with two attached hydrogens (primary N) is 1. The number of thiocarbonyl (C=S) groups is 1. The Bertz CT molecular complexity index is 811. The lowest BCUT2D eigenvalue weighted by molar-refractivity contribution is -0.146. The first-order valence-corrected chi connectivity index (χ1v) is 12.3. The molecular formula is C24H38ClN3O6S. The second kappa shape index (κ2) is 16.0. The van der Waals surface area contributed by atoms with Crippen molar-refractivity contribution in [3.05, 3.63) is 34.9 Å². The van der Waals surface area contributed by atoms with Crippen LogP contribution >= 0.6 is 23.8 Å². The molecule has 0 bridgehead atoms. The van der Waals surface area contributed by atoms with Gasteiger partial charge in [0.2, 0.25) is 5.91 Å². The normalized spacial score (nSPS) is 14.7. The van der Waals surface area contributed by atoms with Gasteiger partial charge >= 0.3 is 0 Å². The first-order valence-electron chi connectivity index (χ1n) is 11.5. The van der Waals surface area contributed by atoms with Crippen molar-refractivity contribution in [2.45, 2.75) is 51.2 Å². The smallest absolute Gasteiger partial charge is 0.253 e. The zero-order valence-corrected chi connectivity index (χ0v) is 22.4. The van der Waals surface area contributed by atoms with E-state index >= 15 is 0 Å².